The van der Waals surface area contributed by atoms with Gasteiger partial charge in [0.05, 0.1) is 40.0 Å². The molecule has 1 aromatic carbocycles. The molecule has 1 aliphatic heterocycles. The summed E-state index contributed by atoms with van der Waals surface area (Å²) in [6, 6.07) is 8.70. The Morgan fingerprint density at radius 2 is 1.87 bits per heavy atom. The Morgan fingerprint density at radius 1 is 1.10 bits per heavy atom. The number of carbonyl (C=O) groups excluding carboxylic acids is 4. The van der Waals surface area contributed by atoms with Crippen molar-refractivity contribution in [2.24, 2.45) is 0 Å². The molecule has 1 atom stereocenters. The van der Waals surface area contributed by atoms with Crippen LogP contribution in [0, 0.1) is 0 Å². The fourth-order valence-electron chi connectivity index (χ4n) is 2.97. The zero-order chi connectivity index (χ0) is 22.4. The molecule has 10 heteroatoms. The second-order valence-corrected chi connectivity index (χ2v) is 7.43. The SMILES string of the molecule is CCOC(=O)C1=C(COC(=O)c2ccccc2NC(=O)c2cccs2)NC(=O)NC1C. The number of ether oxygens (including phenoxy) is 2. The largest absolute Gasteiger partial charge is 0.463 e. The maximum Gasteiger partial charge on any atom is 0.340 e. The molecule has 9 nitrogen and oxygen atoms in total. The molecular weight excluding hydrogens is 422 g/mol. The second kappa shape index (κ2) is 9.90. The predicted molar refractivity (Wildman–Crippen MR) is 114 cm³/mol. The van der Waals surface area contributed by atoms with Crippen LogP contribution in [-0.2, 0) is 14.3 Å². The molecule has 1 aliphatic rings. The summed E-state index contributed by atoms with van der Waals surface area (Å²) in [5.74, 6) is -1.68. The standard InChI is InChI=1S/C21H21N3O6S/c1-3-29-20(27)17-12(2)22-21(28)24-15(17)11-30-19(26)13-7-4-5-8-14(13)23-18(25)16-9-6-10-31-16/h4-10,12H,3,11H2,1-2H3,(H,23,25)(H2,22,24,28). The minimum Gasteiger partial charge on any atom is -0.463 e. The van der Waals surface area contributed by atoms with Crippen molar-refractivity contribution in [2.45, 2.75) is 19.9 Å². The van der Waals surface area contributed by atoms with Crippen LogP contribution < -0.4 is 16.0 Å². The van der Waals surface area contributed by atoms with Gasteiger partial charge in [-0.25, -0.2) is 14.4 Å². The first kappa shape index (κ1) is 22.0. The molecule has 3 amide bonds. The lowest BCUT2D eigenvalue weighted by Gasteiger charge is -2.26. The van der Waals surface area contributed by atoms with Gasteiger partial charge >= 0.3 is 18.0 Å². The minimum absolute atomic E-state index is 0.138. The molecule has 31 heavy (non-hydrogen) atoms. The van der Waals surface area contributed by atoms with Crippen LogP contribution >= 0.6 is 11.3 Å². The van der Waals surface area contributed by atoms with Crippen LogP contribution in [0.2, 0.25) is 0 Å². The Bertz CT molecular complexity index is 1030. The van der Waals surface area contributed by atoms with Crippen LogP contribution in [-0.4, -0.2) is 43.1 Å². The number of esters is 2. The van der Waals surface area contributed by atoms with Gasteiger partial charge < -0.3 is 25.4 Å². The third-order valence-corrected chi connectivity index (χ3v) is 5.22. The smallest absolute Gasteiger partial charge is 0.340 e. The fourth-order valence-corrected chi connectivity index (χ4v) is 3.59. The summed E-state index contributed by atoms with van der Waals surface area (Å²) >= 11 is 1.28. The van der Waals surface area contributed by atoms with Gasteiger partial charge in [-0.1, -0.05) is 18.2 Å². The average Bonchev–Trinajstić information content (AvgIpc) is 3.27. The Hall–Kier alpha value is -3.66. The number of benzene rings is 1. The van der Waals surface area contributed by atoms with Crippen LogP contribution in [0.3, 0.4) is 0 Å². The summed E-state index contributed by atoms with van der Waals surface area (Å²) < 4.78 is 10.4. The molecule has 0 bridgehead atoms. The monoisotopic (exact) mass is 443 g/mol. The summed E-state index contributed by atoms with van der Waals surface area (Å²) in [6.45, 7) is 3.10. The molecular formula is C21H21N3O6S. The van der Waals surface area contributed by atoms with E-state index in [2.05, 4.69) is 16.0 Å². The quantitative estimate of drug-likeness (QED) is 0.566. The van der Waals surface area contributed by atoms with Crippen LogP contribution in [0.4, 0.5) is 10.5 Å². The number of para-hydroxylation sites is 1. The van der Waals surface area contributed by atoms with E-state index in [1.165, 1.54) is 17.4 Å². The molecule has 1 unspecified atom stereocenters. The zero-order valence-electron chi connectivity index (χ0n) is 16.9. The van der Waals surface area contributed by atoms with E-state index in [4.69, 9.17) is 9.47 Å². The van der Waals surface area contributed by atoms with E-state index in [-0.39, 0.29) is 41.6 Å². The van der Waals surface area contributed by atoms with Crippen LogP contribution in [0.15, 0.2) is 53.0 Å². The molecule has 162 valence electrons. The van der Waals surface area contributed by atoms with Crippen LogP contribution in [0.5, 0.6) is 0 Å². The van der Waals surface area contributed by atoms with Crippen molar-refractivity contribution in [1.29, 1.82) is 0 Å². The topological polar surface area (TPSA) is 123 Å². The van der Waals surface area contributed by atoms with Crippen LogP contribution in [0.1, 0.15) is 33.9 Å². The number of rotatable bonds is 7. The van der Waals surface area contributed by atoms with Gasteiger partial charge in [-0.05, 0) is 37.4 Å². The molecule has 3 N–H and O–H groups in total. The molecule has 0 spiro atoms. The van der Waals surface area contributed by atoms with Crippen molar-refractivity contribution >= 4 is 40.9 Å². The third kappa shape index (κ3) is 5.28. The van der Waals surface area contributed by atoms with Crippen molar-refractivity contribution in [1.82, 2.24) is 10.6 Å². The van der Waals surface area contributed by atoms with Gasteiger partial charge in [0.2, 0.25) is 0 Å². The zero-order valence-corrected chi connectivity index (χ0v) is 17.7. The first-order valence-corrected chi connectivity index (χ1v) is 10.4. The van der Waals surface area contributed by atoms with E-state index in [0.29, 0.717) is 4.88 Å². The highest BCUT2D eigenvalue weighted by Crippen LogP contribution is 2.20. The second-order valence-electron chi connectivity index (χ2n) is 6.49. The van der Waals surface area contributed by atoms with Gasteiger partial charge in [0, 0.05) is 0 Å². The van der Waals surface area contributed by atoms with E-state index < -0.39 is 24.0 Å². The van der Waals surface area contributed by atoms with Gasteiger partial charge in [-0.15, -0.1) is 11.3 Å². The highest BCUT2D eigenvalue weighted by molar-refractivity contribution is 7.12. The van der Waals surface area contributed by atoms with Crippen molar-refractivity contribution < 1.29 is 28.7 Å². The number of anilines is 1. The summed E-state index contributed by atoms with van der Waals surface area (Å²) in [7, 11) is 0. The van der Waals surface area contributed by atoms with Gasteiger partial charge in [-0.3, -0.25) is 4.79 Å². The Balaban J connectivity index is 1.77. The van der Waals surface area contributed by atoms with Crippen molar-refractivity contribution in [3.8, 4) is 0 Å². The van der Waals surface area contributed by atoms with Gasteiger partial charge in [0.25, 0.3) is 5.91 Å². The molecule has 0 fully saturated rings. The molecule has 0 saturated heterocycles. The van der Waals surface area contributed by atoms with E-state index in [1.54, 1.807) is 49.6 Å². The minimum atomic E-state index is -0.724. The van der Waals surface area contributed by atoms with E-state index >= 15 is 0 Å². The summed E-state index contributed by atoms with van der Waals surface area (Å²) in [5, 5.41) is 9.53. The lowest BCUT2D eigenvalue weighted by atomic mass is 10.0. The lowest BCUT2D eigenvalue weighted by Crippen LogP contribution is -2.50. The highest BCUT2D eigenvalue weighted by Gasteiger charge is 2.30. The number of nitrogens with one attached hydrogen (secondary N) is 3. The fraction of sp³-hybridized carbons (Fsp3) is 0.238. The molecule has 0 aliphatic carbocycles. The van der Waals surface area contributed by atoms with Gasteiger partial charge in [0.1, 0.15) is 6.61 Å². The molecule has 3 rings (SSSR count). The predicted octanol–water partition coefficient (Wildman–Crippen LogP) is 2.68. The van der Waals surface area contributed by atoms with E-state index in [9.17, 15) is 19.2 Å². The summed E-state index contributed by atoms with van der Waals surface area (Å²) in [6.07, 6.45) is 0. The van der Waals surface area contributed by atoms with Crippen LogP contribution in [0.25, 0.3) is 0 Å². The van der Waals surface area contributed by atoms with E-state index in [1.807, 2.05) is 0 Å². The van der Waals surface area contributed by atoms with Crippen molar-refractivity contribution in [3.05, 3.63) is 63.5 Å². The molecule has 2 heterocycles. The molecule has 0 saturated carbocycles. The van der Waals surface area contributed by atoms with Gasteiger partial charge in [0.15, 0.2) is 0 Å². The maximum absolute atomic E-state index is 12.7. The highest BCUT2D eigenvalue weighted by atomic mass is 32.1. The van der Waals surface area contributed by atoms with Gasteiger partial charge in [-0.2, -0.15) is 0 Å². The summed E-state index contributed by atoms with van der Waals surface area (Å²) in [4.78, 5) is 49.6. The number of hydrogen-bond acceptors (Lipinski definition) is 7. The number of hydrogen-bond donors (Lipinski definition) is 3. The normalized spacial score (nSPS) is 15.5. The first-order chi connectivity index (χ1) is 14.9. The number of carbonyl (C=O) groups is 4. The van der Waals surface area contributed by atoms with Crippen molar-refractivity contribution in [2.75, 3.05) is 18.5 Å². The molecule has 1 aromatic heterocycles. The first-order valence-electron chi connectivity index (χ1n) is 9.49. The number of urea groups is 1. The average molecular weight is 443 g/mol. The third-order valence-electron chi connectivity index (χ3n) is 4.35. The summed E-state index contributed by atoms with van der Waals surface area (Å²) in [5.41, 5.74) is 0.740. The molecule has 2 aromatic rings. The maximum atomic E-state index is 12.7. The number of amides is 3. The number of thiophene rings is 1. The van der Waals surface area contributed by atoms with Crippen molar-refractivity contribution in [3.63, 3.8) is 0 Å². The Morgan fingerprint density at radius 3 is 2.58 bits per heavy atom. The lowest BCUT2D eigenvalue weighted by molar-refractivity contribution is -0.139. The Kier molecular flexibility index (Phi) is 7.03. The molecule has 0 radical (unpaired) electrons. The van der Waals surface area contributed by atoms with E-state index in [0.717, 1.165) is 0 Å². The Labute approximate surface area is 182 Å².